The van der Waals surface area contributed by atoms with Crippen molar-refractivity contribution >= 4 is 12.0 Å². The van der Waals surface area contributed by atoms with Gasteiger partial charge in [0.2, 0.25) is 5.91 Å². The van der Waals surface area contributed by atoms with Crippen LogP contribution in [0.2, 0.25) is 0 Å². The van der Waals surface area contributed by atoms with E-state index in [4.69, 9.17) is 4.74 Å². The fourth-order valence-corrected chi connectivity index (χ4v) is 2.57. The van der Waals surface area contributed by atoms with Crippen LogP contribution >= 0.6 is 0 Å². The average Bonchev–Trinajstić information content (AvgIpc) is 2.86. The number of alkyl carbamates (subject to hydrolysis) is 1. The van der Waals surface area contributed by atoms with Gasteiger partial charge in [0.1, 0.15) is 6.10 Å². The Morgan fingerprint density at radius 1 is 1.32 bits per heavy atom. The normalized spacial score (nSPS) is 20.3. The van der Waals surface area contributed by atoms with Gasteiger partial charge >= 0.3 is 6.09 Å². The van der Waals surface area contributed by atoms with Crippen LogP contribution < -0.4 is 10.6 Å². The minimum Gasteiger partial charge on any atom is -0.444 e. The summed E-state index contributed by atoms with van der Waals surface area (Å²) in [5.74, 6) is 0.0230. The Bertz CT molecular complexity index is 490. The standard InChI is InChI=1S/C17H24N2O3/c1-2-3-11-18-16(20)10-9-15-14(19-17(21)22-15)12-13-7-5-4-6-8-13/h4-8,14-15H,2-3,9-12H2,1H3,(H,18,20)(H,19,21)/t14-,15+/m0/s1. The molecule has 0 unspecified atom stereocenters. The molecule has 2 atom stereocenters. The van der Waals surface area contributed by atoms with E-state index in [1.54, 1.807) is 0 Å². The zero-order chi connectivity index (χ0) is 15.8. The van der Waals surface area contributed by atoms with Gasteiger partial charge in [0.05, 0.1) is 6.04 Å². The fraction of sp³-hybridized carbons (Fsp3) is 0.529. The molecule has 2 rings (SSSR count). The number of ether oxygens (including phenoxy) is 1. The third-order valence-electron chi connectivity index (χ3n) is 3.82. The van der Waals surface area contributed by atoms with Gasteiger partial charge in [0.15, 0.2) is 0 Å². The lowest BCUT2D eigenvalue weighted by atomic mass is 9.99. The van der Waals surface area contributed by atoms with Gasteiger partial charge in [0.25, 0.3) is 0 Å². The second-order valence-corrected chi connectivity index (χ2v) is 5.63. The Morgan fingerprint density at radius 3 is 2.82 bits per heavy atom. The predicted molar refractivity (Wildman–Crippen MR) is 84.5 cm³/mol. The van der Waals surface area contributed by atoms with E-state index in [2.05, 4.69) is 17.6 Å². The first-order valence-corrected chi connectivity index (χ1v) is 7.97. The van der Waals surface area contributed by atoms with Crippen molar-refractivity contribution in [1.29, 1.82) is 0 Å². The van der Waals surface area contributed by atoms with Crippen LogP contribution in [0, 0.1) is 0 Å². The van der Waals surface area contributed by atoms with E-state index >= 15 is 0 Å². The highest BCUT2D eigenvalue weighted by molar-refractivity contribution is 5.76. The topological polar surface area (TPSA) is 67.4 Å². The third kappa shape index (κ3) is 5.06. The Labute approximate surface area is 131 Å². The molecule has 0 saturated carbocycles. The number of rotatable bonds is 8. The largest absolute Gasteiger partial charge is 0.444 e. The Kier molecular flexibility index (Phi) is 6.25. The minimum atomic E-state index is -0.391. The van der Waals surface area contributed by atoms with Crippen molar-refractivity contribution in [3.05, 3.63) is 35.9 Å². The SMILES string of the molecule is CCCCNC(=O)CC[C@H]1OC(=O)N[C@H]1Cc1ccccc1. The zero-order valence-corrected chi connectivity index (χ0v) is 13.0. The summed E-state index contributed by atoms with van der Waals surface area (Å²) in [7, 11) is 0. The molecule has 1 fully saturated rings. The van der Waals surface area contributed by atoms with Gasteiger partial charge in [-0.2, -0.15) is 0 Å². The number of amides is 2. The number of unbranched alkanes of at least 4 members (excludes halogenated alkanes) is 1. The smallest absolute Gasteiger partial charge is 0.407 e. The average molecular weight is 304 g/mol. The molecule has 1 heterocycles. The number of hydrogen-bond acceptors (Lipinski definition) is 3. The molecular formula is C17H24N2O3. The maximum absolute atomic E-state index is 11.7. The summed E-state index contributed by atoms with van der Waals surface area (Å²) in [5, 5.41) is 5.72. The number of nitrogens with one attached hydrogen (secondary N) is 2. The number of hydrogen-bond donors (Lipinski definition) is 2. The molecule has 1 aliphatic rings. The van der Waals surface area contributed by atoms with Crippen molar-refractivity contribution < 1.29 is 14.3 Å². The number of carbonyl (C=O) groups excluding carboxylic acids is 2. The van der Waals surface area contributed by atoms with Crippen LogP contribution in [-0.4, -0.2) is 30.7 Å². The summed E-state index contributed by atoms with van der Waals surface area (Å²) in [6, 6.07) is 9.90. The Hall–Kier alpha value is -2.04. The number of cyclic esters (lactones) is 1. The van der Waals surface area contributed by atoms with Crippen LogP contribution in [0.3, 0.4) is 0 Å². The van der Waals surface area contributed by atoms with Crippen LogP contribution in [-0.2, 0) is 16.0 Å². The molecule has 0 radical (unpaired) electrons. The maximum Gasteiger partial charge on any atom is 0.407 e. The van der Waals surface area contributed by atoms with E-state index in [0.717, 1.165) is 18.4 Å². The first kappa shape index (κ1) is 16.3. The molecule has 1 aliphatic heterocycles. The van der Waals surface area contributed by atoms with E-state index in [1.807, 2.05) is 30.3 Å². The summed E-state index contributed by atoms with van der Waals surface area (Å²) >= 11 is 0. The molecule has 0 aliphatic carbocycles. The summed E-state index contributed by atoms with van der Waals surface area (Å²) in [5.41, 5.74) is 1.15. The quantitative estimate of drug-likeness (QED) is 0.725. The second-order valence-electron chi connectivity index (χ2n) is 5.63. The fourth-order valence-electron chi connectivity index (χ4n) is 2.57. The summed E-state index contributed by atoms with van der Waals surface area (Å²) in [6.45, 7) is 2.80. The van der Waals surface area contributed by atoms with E-state index in [0.29, 0.717) is 25.8 Å². The van der Waals surface area contributed by atoms with Crippen LogP contribution in [0.4, 0.5) is 4.79 Å². The summed E-state index contributed by atoms with van der Waals surface area (Å²) in [4.78, 5) is 23.2. The second kappa shape index (κ2) is 8.41. The molecule has 2 N–H and O–H groups in total. The summed E-state index contributed by atoms with van der Waals surface area (Å²) < 4.78 is 5.29. The molecule has 5 nitrogen and oxygen atoms in total. The maximum atomic E-state index is 11.7. The van der Waals surface area contributed by atoms with Crippen molar-refractivity contribution in [1.82, 2.24) is 10.6 Å². The van der Waals surface area contributed by atoms with Crippen molar-refractivity contribution in [3.8, 4) is 0 Å². The van der Waals surface area contributed by atoms with Crippen LogP contribution in [0.15, 0.2) is 30.3 Å². The highest BCUT2D eigenvalue weighted by Gasteiger charge is 2.33. The van der Waals surface area contributed by atoms with Gasteiger partial charge in [0, 0.05) is 13.0 Å². The van der Waals surface area contributed by atoms with Crippen molar-refractivity contribution in [2.75, 3.05) is 6.54 Å². The third-order valence-corrected chi connectivity index (χ3v) is 3.82. The molecule has 120 valence electrons. The molecule has 1 aromatic carbocycles. The van der Waals surface area contributed by atoms with E-state index < -0.39 is 6.09 Å². The van der Waals surface area contributed by atoms with Gasteiger partial charge in [-0.3, -0.25) is 4.79 Å². The molecule has 0 bridgehead atoms. The van der Waals surface area contributed by atoms with Crippen molar-refractivity contribution in [3.63, 3.8) is 0 Å². The monoisotopic (exact) mass is 304 g/mol. The predicted octanol–water partition coefficient (Wildman–Crippen LogP) is 2.40. The van der Waals surface area contributed by atoms with Crippen molar-refractivity contribution in [2.45, 2.75) is 51.2 Å². The Balaban J connectivity index is 1.80. The molecule has 1 saturated heterocycles. The number of benzene rings is 1. The molecule has 1 aromatic rings. The molecular weight excluding hydrogens is 280 g/mol. The first-order chi connectivity index (χ1) is 10.7. The lowest BCUT2D eigenvalue weighted by Gasteiger charge is -2.16. The van der Waals surface area contributed by atoms with Gasteiger partial charge in [-0.25, -0.2) is 4.79 Å². The van der Waals surface area contributed by atoms with Gasteiger partial charge in [-0.1, -0.05) is 43.7 Å². The molecule has 5 heteroatoms. The van der Waals surface area contributed by atoms with Crippen LogP contribution in [0.1, 0.15) is 38.2 Å². The van der Waals surface area contributed by atoms with Gasteiger partial charge in [-0.05, 0) is 24.8 Å². The molecule has 22 heavy (non-hydrogen) atoms. The van der Waals surface area contributed by atoms with E-state index in [9.17, 15) is 9.59 Å². The minimum absolute atomic E-state index is 0.0230. The molecule has 0 spiro atoms. The van der Waals surface area contributed by atoms with Gasteiger partial charge < -0.3 is 15.4 Å². The van der Waals surface area contributed by atoms with Crippen molar-refractivity contribution in [2.24, 2.45) is 0 Å². The zero-order valence-electron chi connectivity index (χ0n) is 13.0. The van der Waals surface area contributed by atoms with Crippen LogP contribution in [0.25, 0.3) is 0 Å². The van der Waals surface area contributed by atoms with Gasteiger partial charge in [-0.15, -0.1) is 0 Å². The molecule has 2 amide bonds. The number of carbonyl (C=O) groups is 2. The first-order valence-electron chi connectivity index (χ1n) is 7.97. The lowest BCUT2D eigenvalue weighted by molar-refractivity contribution is -0.121. The highest BCUT2D eigenvalue weighted by atomic mass is 16.6. The van der Waals surface area contributed by atoms with Crippen LogP contribution in [0.5, 0.6) is 0 Å². The van der Waals surface area contributed by atoms with E-state index in [-0.39, 0.29) is 18.1 Å². The molecule has 0 aromatic heterocycles. The van der Waals surface area contributed by atoms with E-state index in [1.165, 1.54) is 0 Å². The lowest BCUT2D eigenvalue weighted by Crippen LogP contribution is -2.34. The highest BCUT2D eigenvalue weighted by Crippen LogP contribution is 2.18. The Morgan fingerprint density at radius 2 is 2.09 bits per heavy atom. The summed E-state index contributed by atoms with van der Waals surface area (Å²) in [6.07, 6.45) is 3.06.